The summed E-state index contributed by atoms with van der Waals surface area (Å²) in [5.74, 6) is -2.40. The van der Waals surface area contributed by atoms with Gasteiger partial charge in [-0.05, 0) is 30.0 Å². The van der Waals surface area contributed by atoms with Gasteiger partial charge in [-0.1, -0.05) is 5.10 Å². The lowest BCUT2D eigenvalue weighted by Gasteiger charge is -2.09. The highest BCUT2D eigenvalue weighted by Gasteiger charge is 2.20. The third-order valence-corrected chi connectivity index (χ3v) is 3.42. The molecule has 0 bridgehead atoms. The lowest BCUT2D eigenvalue weighted by atomic mass is 10.1. The fourth-order valence-corrected chi connectivity index (χ4v) is 2.30. The number of anilines is 1. The van der Waals surface area contributed by atoms with E-state index in [1.165, 1.54) is 38.5 Å². The Morgan fingerprint density at radius 3 is 2.15 bits per heavy atom. The fourth-order valence-electron chi connectivity index (χ4n) is 2.30. The number of nitrogens with one attached hydrogen (secondary N) is 1. The zero-order chi connectivity index (χ0) is 20.1. The van der Waals surface area contributed by atoms with Gasteiger partial charge in [0, 0.05) is 5.69 Å². The van der Waals surface area contributed by atoms with E-state index in [4.69, 9.17) is 0 Å². The fraction of sp³-hybridized carbons (Fsp3) is 0.250. The van der Waals surface area contributed by atoms with Crippen molar-refractivity contribution < 1.29 is 28.8 Å². The zero-order valence-corrected chi connectivity index (χ0v) is 14.7. The van der Waals surface area contributed by atoms with E-state index >= 15 is 0 Å². The first-order chi connectivity index (χ1) is 12.7. The number of methoxy groups -OCH3 is 2. The van der Waals surface area contributed by atoms with Crippen molar-refractivity contribution >= 4 is 29.4 Å². The average Bonchev–Trinajstić information content (AvgIpc) is 3.00. The van der Waals surface area contributed by atoms with Crippen LogP contribution in [0.3, 0.4) is 0 Å². The molecule has 11 heteroatoms. The quantitative estimate of drug-likeness (QED) is 0.452. The van der Waals surface area contributed by atoms with Gasteiger partial charge in [0.15, 0.2) is 6.54 Å². The van der Waals surface area contributed by atoms with Crippen molar-refractivity contribution in [3.63, 3.8) is 0 Å². The molecule has 1 amide bonds. The molecule has 0 aliphatic rings. The molecule has 0 aliphatic heterocycles. The summed E-state index contributed by atoms with van der Waals surface area (Å²) in [6.07, 6.45) is 0. The number of rotatable bonds is 6. The minimum atomic E-state index is -0.713. The van der Waals surface area contributed by atoms with E-state index in [9.17, 15) is 24.5 Å². The van der Waals surface area contributed by atoms with E-state index in [1.807, 2.05) is 0 Å². The molecule has 1 N–H and O–H groups in total. The van der Waals surface area contributed by atoms with Crippen molar-refractivity contribution in [2.24, 2.45) is 0 Å². The Bertz CT molecular complexity index is 885. The number of aromatic nitrogens is 2. The molecule has 2 aromatic rings. The largest absolute Gasteiger partial charge is 0.465 e. The lowest BCUT2D eigenvalue weighted by Crippen LogP contribution is -2.21. The molecule has 1 aromatic carbocycles. The number of amides is 1. The molecule has 2 rings (SSSR count). The molecule has 0 spiro atoms. The molecular formula is C16H16N4O7. The van der Waals surface area contributed by atoms with Crippen molar-refractivity contribution in [1.82, 2.24) is 9.78 Å². The number of nitro groups is 1. The number of aryl methyl sites for hydroxylation is 1. The van der Waals surface area contributed by atoms with Crippen LogP contribution in [0.15, 0.2) is 24.3 Å². The Morgan fingerprint density at radius 2 is 1.67 bits per heavy atom. The summed E-state index contributed by atoms with van der Waals surface area (Å²) in [5.41, 5.74) is 0.554. The van der Waals surface area contributed by atoms with Crippen LogP contribution >= 0.6 is 0 Å². The summed E-state index contributed by atoms with van der Waals surface area (Å²) in [6.45, 7) is 1.13. The Morgan fingerprint density at radius 1 is 1.11 bits per heavy atom. The third-order valence-electron chi connectivity index (χ3n) is 3.42. The van der Waals surface area contributed by atoms with Gasteiger partial charge >= 0.3 is 17.8 Å². The standard InChI is InChI=1S/C16H16N4O7/c1-9-4-14(20(24)25)19(18-9)8-13(21)17-12-6-10(15(22)26-2)5-11(7-12)16(23)27-3/h4-7H,8H2,1-3H3,(H,17,21). The summed E-state index contributed by atoms with van der Waals surface area (Å²) >= 11 is 0. The van der Waals surface area contributed by atoms with Crippen LogP contribution in [0.1, 0.15) is 26.4 Å². The Hall–Kier alpha value is -3.76. The van der Waals surface area contributed by atoms with Crippen LogP contribution in [-0.2, 0) is 20.8 Å². The van der Waals surface area contributed by atoms with Gasteiger partial charge in [-0.3, -0.25) is 4.79 Å². The third kappa shape index (κ3) is 4.66. The van der Waals surface area contributed by atoms with Crippen LogP contribution in [-0.4, -0.2) is 46.8 Å². The molecular weight excluding hydrogens is 360 g/mol. The maximum Gasteiger partial charge on any atom is 0.345 e. The molecule has 0 saturated heterocycles. The van der Waals surface area contributed by atoms with E-state index in [2.05, 4.69) is 19.9 Å². The normalized spacial score (nSPS) is 10.2. The zero-order valence-electron chi connectivity index (χ0n) is 14.7. The molecule has 27 heavy (non-hydrogen) atoms. The van der Waals surface area contributed by atoms with Crippen molar-refractivity contribution in [3.05, 3.63) is 51.2 Å². The first-order valence-corrected chi connectivity index (χ1v) is 7.55. The number of hydrogen-bond acceptors (Lipinski definition) is 8. The number of carbonyl (C=O) groups is 3. The van der Waals surface area contributed by atoms with Crippen LogP contribution in [0.5, 0.6) is 0 Å². The molecule has 0 radical (unpaired) electrons. The second-order valence-corrected chi connectivity index (χ2v) is 5.39. The summed E-state index contributed by atoms with van der Waals surface area (Å²) in [5, 5.41) is 17.4. The molecule has 1 aromatic heterocycles. The van der Waals surface area contributed by atoms with Crippen LogP contribution in [0, 0.1) is 17.0 Å². The van der Waals surface area contributed by atoms with Gasteiger partial charge in [-0.15, -0.1) is 4.68 Å². The minimum Gasteiger partial charge on any atom is -0.465 e. The van der Waals surface area contributed by atoms with E-state index in [1.54, 1.807) is 6.92 Å². The van der Waals surface area contributed by atoms with Crippen LogP contribution in [0.25, 0.3) is 0 Å². The summed E-state index contributed by atoms with van der Waals surface area (Å²) < 4.78 is 10.2. The van der Waals surface area contributed by atoms with Crippen molar-refractivity contribution in [2.75, 3.05) is 19.5 Å². The first-order valence-electron chi connectivity index (χ1n) is 7.55. The van der Waals surface area contributed by atoms with Crippen LogP contribution < -0.4 is 5.32 Å². The molecule has 1 heterocycles. The van der Waals surface area contributed by atoms with Gasteiger partial charge in [0.25, 0.3) is 5.91 Å². The van der Waals surface area contributed by atoms with Crippen LogP contribution in [0.2, 0.25) is 0 Å². The molecule has 0 fully saturated rings. The SMILES string of the molecule is COC(=O)c1cc(NC(=O)Cn2nc(C)cc2[N+](=O)[O-])cc(C(=O)OC)c1. The summed E-state index contributed by atoms with van der Waals surface area (Å²) in [6, 6.07) is 5.10. The van der Waals surface area contributed by atoms with E-state index in [0.717, 1.165) is 4.68 Å². The Balaban J connectivity index is 2.27. The maximum atomic E-state index is 12.2. The van der Waals surface area contributed by atoms with Crippen LogP contribution in [0.4, 0.5) is 11.5 Å². The molecule has 0 aliphatic carbocycles. The van der Waals surface area contributed by atoms with E-state index in [0.29, 0.717) is 5.69 Å². The molecule has 0 unspecified atom stereocenters. The molecule has 11 nitrogen and oxygen atoms in total. The van der Waals surface area contributed by atoms with E-state index in [-0.39, 0.29) is 22.6 Å². The summed E-state index contributed by atoms with van der Waals surface area (Å²) in [4.78, 5) is 46.1. The monoisotopic (exact) mass is 376 g/mol. The molecule has 142 valence electrons. The van der Waals surface area contributed by atoms with E-state index < -0.39 is 29.3 Å². The predicted molar refractivity (Wildman–Crippen MR) is 91.4 cm³/mol. The van der Waals surface area contributed by atoms with Gasteiger partial charge in [-0.25, -0.2) is 9.59 Å². The van der Waals surface area contributed by atoms with Gasteiger partial charge in [0.1, 0.15) is 0 Å². The number of benzene rings is 1. The van der Waals surface area contributed by atoms with Gasteiger partial charge in [0.2, 0.25) is 0 Å². The second-order valence-electron chi connectivity index (χ2n) is 5.39. The molecule has 0 saturated carbocycles. The van der Waals surface area contributed by atoms with Crippen molar-refractivity contribution in [3.8, 4) is 0 Å². The highest BCUT2D eigenvalue weighted by atomic mass is 16.6. The average molecular weight is 376 g/mol. The maximum absolute atomic E-state index is 12.2. The van der Waals surface area contributed by atoms with Gasteiger partial charge < -0.3 is 24.9 Å². The minimum absolute atomic E-state index is 0.0246. The highest BCUT2D eigenvalue weighted by molar-refractivity contribution is 5.99. The Labute approximate surface area is 153 Å². The summed E-state index contributed by atoms with van der Waals surface area (Å²) in [7, 11) is 2.34. The highest BCUT2D eigenvalue weighted by Crippen LogP contribution is 2.18. The number of ether oxygens (including phenoxy) is 2. The van der Waals surface area contributed by atoms with Crippen molar-refractivity contribution in [1.29, 1.82) is 0 Å². The number of esters is 2. The second kappa shape index (κ2) is 8.08. The van der Waals surface area contributed by atoms with Crippen molar-refractivity contribution in [2.45, 2.75) is 13.5 Å². The Kier molecular flexibility index (Phi) is 5.85. The molecule has 0 atom stereocenters. The lowest BCUT2D eigenvalue weighted by molar-refractivity contribution is -0.392. The van der Waals surface area contributed by atoms with Gasteiger partial charge in [0.05, 0.1) is 37.1 Å². The predicted octanol–water partition coefficient (Wildman–Crippen LogP) is 1.31. The van der Waals surface area contributed by atoms with Gasteiger partial charge in [-0.2, -0.15) is 0 Å². The number of hydrogen-bond donors (Lipinski definition) is 1. The topological polar surface area (TPSA) is 143 Å². The first kappa shape index (κ1) is 19.6. The smallest absolute Gasteiger partial charge is 0.345 e. The number of carbonyl (C=O) groups excluding carboxylic acids is 3. The number of nitrogens with zero attached hydrogens (tertiary/aromatic N) is 3.